The highest BCUT2D eigenvalue weighted by molar-refractivity contribution is 6.05. The summed E-state index contributed by atoms with van der Waals surface area (Å²) in [6, 6.07) is 9.81. The third-order valence-electron chi connectivity index (χ3n) is 3.46. The van der Waals surface area contributed by atoms with Crippen molar-refractivity contribution in [2.24, 2.45) is 0 Å². The van der Waals surface area contributed by atoms with Crippen molar-refractivity contribution in [1.82, 2.24) is 10.3 Å². The second-order valence-electron chi connectivity index (χ2n) is 4.47. The minimum absolute atomic E-state index is 0.0658. The SMILES string of the molecule is CNC1CCN(c2cccc3cccnc23)C1=O. The molecular weight excluding hydrogens is 226 g/mol. The molecule has 1 amide bonds. The van der Waals surface area contributed by atoms with Gasteiger partial charge in [0.2, 0.25) is 5.91 Å². The summed E-state index contributed by atoms with van der Waals surface area (Å²) in [6.45, 7) is 0.750. The first kappa shape index (κ1) is 11.2. The lowest BCUT2D eigenvalue weighted by molar-refractivity contribution is -0.118. The van der Waals surface area contributed by atoms with Gasteiger partial charge in [0.1, 0.15) is 0 Å². The lowest BCUT2D eigenvalue weighted by Crippen LogP contribution is -2.36. The van der Waals surface area contributed by atoms with Gasteiger partial charge in [-0.2, -0.15) is 0 Å². The van der Waals surface area contributed by atoms with E-state index >= 15 is 0 Å². The van der Waals surface area contributed by atoms with Crippen LogP contribution in [0.5, 0.6) is 0 Å². The Bertz CT molecular complexity index is 591. The minimum atomic E-state index is -0.0658. The average molecular weight is 241 g/mol. The molecule has 1 saturated heterocycles. The van der Waals surface area contributed by atoms with E-state index in [1.807, 2.05) is 42.3 Å². The van der Waals surface area contributed by atoms with E-state index in [0.29, 0.717) is 0 Å². The van der Waals surface area contributed by atoms with E-state index in [9.17, 15) is 4.79 Å². The zero-order valence-electron chi connectivity index (χ0n) is 10.3. The Morgan fingerprint density at radius 1 is 1.33 bits per heavy atom. The van der Waals surface area contributed by atoms with Crippen LogP contribution in [-0.4, -0.2) is 30.5 Å². The van der Waals surface area contributed by atoms with E-state index in [1.165, 1.54) is 0 Å². The third kappa shape index (κ3) is 1.66. The Hall–Kier alpha value is -1.94. The predicted octanol–water partition coefficient (Wildman–Crippen LogP) is 1.56. The Balaban J connectivity index is 2.08. The van der Waals surface area contributed by atoms with E-state index in [1.54, 1.807) is 6.20 Å². The summed E-state index contributed by atoms with van der Waals surface area (Å²) >= 11 is 0. The first-order valence-corrected chi connectivity index (χ1v) is 6.13. The van der Waals surface area contributed by atoms with Crippen LogP contribution in [0.3, 0.4) is 0 Å². The molecule has 0 bridgehead atoms. The van der Waals surface area contributed by atoms with Gasteiger partial charge >= 0.3 is 0 Å². The van der Waals surface area contributed by atoms with Crippen molar-refractivity contribution in [3.05, 3.63) is 36.5 Å². The van der Waals surface area contributed by atoms with Crippen molar-refractivity contribution in [2.45, 2.75) is 12.5 Å². The van der Waals surface area contributed by atoms with E-state index in [-0.39, 0.29) is 11.9 Å². The van der Waals surface area contributed by atoms with Crippen LogP contribution >= 0.6 is 0 Å². The number of nitrogens with one attached hydrogen (secondary N) is 1. The fourth-order valence-electron chi connectivity index (χ4n) is 2.49. The number of likely N-dealkylation sites (N-methyl/N-ethyl adjacent to an activating group) is 1. The average Bonchev–Trinajstić information content (AvgIpc) is 2.79. The maximum absolute atomic E-state index is 12.2. The van der Waals surface area contributed by atoms with Crippen molar-refractivity contribution in [3.8, 4) is 0 Å². The van der Waals surface area contributed by atoms with Crippen LogP contribution in [0, 0.1) is 0 Å². The molecule has 0 spiro atoms. The third-order valence-corrected chi connectivity index (χ3v) is 3.46. The normalized spacial score (nSPS) is 19.7. The zero-order chi connectivity index (χ0) is 12.5. The number of carbonyl (C=O) groups excluding carboxylic acids is 1. The molecule has 1 aliphatic rings. The smallest absolute Gasteiger partial charge is 0.244 e. The number of anilines is 1. The number of fused-ring (bicyclic) bond motifs is 1. The quantitative estimate of drug-likeness (QED) is 0.868. The van der Waals surface area contributed by atoms with Crippen LogP contribution in [-0.2, 0) is 4.79 Å². The highest BCUT2D eigenvalue weighted by Gasteiger charge is 2.32. The van der Waals surface area contributed by atoms with E-state index < -0.39 is 0 Å². The summed E-state index contributed by atoms with van der Waals surface area (Å²) in [4.78, 5) is 18.4. The Kier molecular flexibility index (Phi) is 2.72. The fraction of sp³-hybridized carbons (Fsp3) is 0.286. The number of para-hydroxylation sites is 1. The number of rotatable bonds is 2. The summed E-state index contributed by atoms with van der Waals surface area (Å²) in [5.74, 6) is 0.135. The second-order valence-corrected chi connectivity index (χ2v) is 4.47. The number of hydrogen-bond donors (Lipinski definition) is 1. The maximum atomic E-state index is 12.2. The molecule has 1 aromatic carbocycles. The van der Waals surface area contributed by atoms with Crippen LogP contribution in [0.25, 0.3) is 10.9 Å². The van der Waals surface area contributed by atoms with Crippen LogP contribution < -0.4 is 10.2 Å². The first-order chi connectivity index (χ1) is 8.81. The molecule has 92 valence electrons. The number of benzene rings is 1. The second kappa shape index (κ2) is 4.38. The van der Waals surface area contributed by atoms with E-state index in [4.69, 9.17) is 0 Å². The highest BCUT2D eigenvalue weighted by Crippen LogP contribution is 2.28. The number of amides is 1. The van der Waals surface area contributed by atoms with Gasteiger partial charge in [0, 0.05) is 18.1 Å². The van der Waals surface area contributed by atoms with Gasteiger partial charge in [-0.3, -0.25) is 9.78 Å². The number of nitrogens with zero attached hydrogens (tertiary/aromatic N) is 2. The van der Waals surface area contributed by atoms with Crippen LogP contribution in [0.1, 0.15) is 6.42 Å². The molecule has 1 unspecified atom stereocenters. The fourth-order valence-corrected chi connectivity index (χ4v) is 2.49. The highest BCUT2D eigenvalue weighted by atomic mass is 16.2. The van der Waals surface area contributed by atoms with Crippen molar-refractivity contribution in [2.75, 3.05) is 18.5 Å². The van der Waals surface area contributed by atoms with E-state index in [2.05, 4.69) is 10.3 Å². The summed E-state index contributed by atoms with van der Waals surface area (Å²) in [7, 11) is 1.83. The van der Waals surface area contributed by atoms with E-state index in [0.717, 1.165) is 29.6 Å². The Morgan fingerprint density at radius 3 is 2.94 bits per heavy atom. The van der Waals surface area contributed by atoms with Crippen molar-refractivity contribution >= 4 is 22.5 Å². The van der Waals surface area contributed by atoms with Crippen LogP contribution in [0.15, 0.2) is 36.5 Å². The Morgan fingerprint density at radius 2 is 2.17 bits per heavy atom. The molecule has 1 atom stereocenters. The number of pyridine rings is 1. The monoisotopic (exact) mass is 241 g/mol. The molecule has 3 rings (SSSR count). The molecular formula is C14H15N3O. The van der Waals surface area contributed by atoms with Gasteiger partial charge in [-0.15, -0.1) is 0 Å². The van der Waals surface area contributed by atoms with Crippen molar-refractivity contribution in [3.63, 3.8) is 0 Å². The van der Waals surface area contributed by atoms with Gasteiger partial charge in [-0.05, 0) is 25.6 Å². The largest absolute Gasteiger partial charge is 0.309 e. The summed E-state index contributed by atoms with van der Waals surface area (Å²) in [5, 5.41) is 4.12. The molecule has 2 aromatic rings. The summed E-state index contributed by atoms with van der Waals surface area (Å²) < 4.78 is 0. The van der Waals surface area contributed by atoms with Gasteiger partial charge in [-0.25, -0.2) is 0 Å². The molecule has 2 heterocycles. The van der Waals surface area contributed by atoms with Crippen molar-refractivity contribution in [1.29, 1.82) is 0 Å². The van der Waals surface area contributed by atoms with Crippen molar-refractivity contribution < 1.29 is 4.79 Å². The van der Waals surface area contributed by atoms with Crippen LogP contribution in [0.4, 0.5) is 5.69 Å². The number of hydrogen-bond acceptors (Lipinski definition) is 3. The lowest BCUT2D eigenvalue weighted by atomic mass is 10.2. The Labute approximate surface area is 106 Å². The molecule has 1 aromatic heterocycles. The standard InChI is InChI=1S/C14H15N3O/c1-15-11-7-9-17(14(11)18)12-6-2-4-10-5-3-8-16-13(10)12/h2-6,8,11,15H,7,9H2,1H3. The molecule has 4 nitrogen and oxygen atoms in total. The molecule has 4 heteroatoms. The number of aromatic nitrogens is 1. The van der Waals surface area contributed by atoms with Gasteiger partial charge in [0.05, 0.1) is 17.2 Å². The molecule has 1 aliphatic heterocycles. The molecule has 1 N–H and O–H groups in total. The molecule has 0 saturated carbocycles. The van der Waals surface area contributed by atoms with Gasteiger partial charge in [0.15, 0.2) is 0 Å². The summed E-state index contributed by atoms with van der Waals surface area (Å²) in [5.41, 5.74) is 1.81. The minimum Gasteiger partial charge on any atom is -0.309 e. The van der Waals surface area contributed by atoms with Gasteiger partial charge < -0.3 is 10.2 Å². The topological polar surface area (TPSA) is 45.2 Å². The van der Waals surface area contributed by atoms with Gasteiger partial charge in [0.25, 0.3) is 0 Å². The first-order valence-electron chi connectivity index (χ1n) is 6.13. The predicted molar refractivity (Wildman–Crippen MR) is 71.6 cm³/mol. The summed E-state index contributed by atoms with van der Waals surface area (Å²) in [6.07, 6.45) is 2.61. The molecule has 0 radical (unpaired) electrons. The maximum Gasteiger partial charge on any atom is 0.244 e. The van der Waals surface area contributed by atoms with Gasteiger partial charge in [-0.1, -0.05) is 18.2 Å². The number of carbonyl (C=O) groups is 1. The lowest BCUT2D eigenvalue weighted by Gasteiger charge is -2.18. The molecule has 0 aliphatic carbocycles. The molecule has 1 fully saturated rings. The van der Waals surface area contributed by atoms with Crippen LogP contribution in [0.2, 0.25) is 0 Å². The molecule has 18 heavy (non-hydrogen) atoms. The zero-order valence-corrected chi connectivity index (χ0v) is 10.3.